The molecule has 0 aliphatic heterocycles. The van der Waals surface area contributed by atoms with E-state index in [1.807, 2.05) is 0 Å². The molecule has 0 aromatic rings. The summed E-state index contributed by atoms with van der Waals surface area (Å²) in [6, 6.07) is 0. The molecule has 1 rings (SSSR count). The SMILES string of the molecule is CC(C)C1=CC(C)(C)C=CC1. The Hall–Kier alpha value is -0.520. The van der Waals surface area contributed by atoms with Crippen molar-refractivity contribution in [3.63, 3.8) is 0 Å². The van der Waals surface area contributed by atoms with Gasteiger partial charge in [0.15, 0.2) is 0 Å². The quantitative estimate of drug-likeness (QED) is 0.501. The Morgan fingerprint density at radius 2 is 2.00 bits per heavy atom. The third-order valence-electron chi connectivity index (χ3n) is 2.20. The molecule has 0 unspecified atom stereocenters. The van der Waals surface area contributed by atoms with E-state index in [-0.39, 0.29) is 5.41 Å². The number of hydrogen-bond acceptors (Lipinski definition) is 0. The highest BCUT2D eigenvalue weighted by molar-refractivity contribution is 5.23. The summed E-state index contributed by atoms with van der Waals surface area (Å²) in [4.78, 5) is 0. The smallest absolute Gasteiger partial charge is 0.000740 e. The second-order valence-corrected chi connectivity index (χ2v) is 4.30. The van der Waals surface area contributed by atoms with Crippen molar-refractivity contribution in [2.24, 2.45) is 11.3 Å². The van der Waals surface area contributed by atoms with Gasteiger partial charge in [0.2, 0.25) is 0 Å². The topological polar surface area (TPSA) is 0 Å². The number of rotatable bonds is 1. The number of allylic oxidation sites excluding steroid dienone is 4. The zero-order chi connectivity index (χ0) is 8.48. The molecule has 0 bridgehead atoms. The van der Waals surface area contributed by atoms with Crippen LogP contribution in [-0.4, -0.2) is 0 Å². The minimum absolute atomic E-state index is 0.290. The highest BCUT2D eigenvalue weighted by Gasteiger charge is 2.16. The molecule has 11 heavy (non-hydrogen) atoms. The van der Waals surface area contributed by atoms with Gasteiger partial charge in [-0.25, -0.2) is 0 Å². The van der Waals surface area contributed by atoms with E-state index in [0.29, 0.717) is 5.92 Å². The molecule has 0 nitrogen and oxygen atoms in total. The molecule has 0 saturated carbocycles. The summed E-state index contributed by atoms with van der Waals surface area (Å²) in [7, 11) is 0. The van der Waals surface area contributed by atoms with E-state index in [1.165, 1.54) is 0 Å². The molecule has 0 saturated heterocycles. The molecule has 0 N–H and O–H groups in total. The van der Waals surface area contributed by atoms with Gasteiger partial charge in [-0.1, -0.05) is 51.5 Å². The Balaban J connectivity index is 2.78. The third kappa shape index (κ3) is 2.21. The minimum atomic E-state index is 0.290. The predicted octanol–water partition coefficient (Wildman–Crippen LogP) is 3.55. The highest BCUT2D eigenvalue weighted by atomic mass is 14.2. The average molecular weight is 150 g/mol. The van der Waals surface area contributed by atoms with Gasteiger partial charge in [0.1, 0.15) is 0 Å². The van der Waals surface area contributed by atoms with Gasteiger partial charge in [-0.2, -0.15) is 0 Å². The van der Waals surface area contributed by atoms with Crippen molar-refractivity contribution in [1.29, 1.82) is 0 Å². The Kier molecular flexibility index (Phi) is 2.22. The molecule has 0 aromatic carbocycles. The molecule has 0 heteroatoms. The van der Waals surface area contributed by atoms with Gasteiger partial charge in [0, 0.05) is 5.41 Å². The zero-order valence-corrected chi connectivity index (χ0v) is 8.02. The average Bonchev–Trinajstić information content (AvgIpc) is 1.85. The maximum absolute atomic E-state index is 2.40. The predicted molar refractivity (Wildman–Crippen MR) is 50.5 cm³/mol. The minimum Gasteiger partial charge on any atom is -0.0836 e. The van der Waals surface area contributed by atoms with Crippen molar-refractivity contribution < 1.29 is 0 Å². The largest absolute Gasteiger partial charge is 0.0836 e. The van der Waals surface area contributed by atoms with Crippen LogP contribution in [0.25, 0.3) is 0 Å². The van der Waals surface area contributed by atoms with E-state index in [4.69, 9.17) is 0 Å². The van der Waals surface area contributed by atoms with Gasteiger partial charge in [-0.15, -0.1) is 0 Å². The molecule has 62 valence electrons. The van der Waals surface area contributed by atoms with Crippen molar-refractivity contribution >= 4 is 0 Å². The molecule has 0 radical (unpaired) electrons. The van der Waals surface area contributed by atoms with E-state index < -0.39 is 0 Å². The lowest BCUT2D eigenvalue weighted by molar-refractivity contribution is 0.584. The molecule has 0 heterocycles. The summed E-state index contributed by atoms with van der Waals surface area (Å²) in [5, 5.41) is 0. The van der Waals surface area contributed by atoms with Gasteiger partial charge in [-0.05, 0) is 12.3 Å². The normalized spacial score (nSPS) is 22.1. The van der Waals surface area contributed by atoms with Crippen LogP contribution in [0.15, 0.2) is 23.8 Å². The molecular weight excluding hydrogens is 132 g/mol. The van der Waals surface area contributed by atoms with Crippen LogP contribution in [0.1, 0.15) is 34.1 Å². The first-order valence-corrected chi connectivity index (χ1v) is 4.40. The van der Waals surface area contributed by atoms with E-state index in [1.54, 1.807) is 5.57 Å². The van der Waals surface area contributed by atoms with Crippen LogP contribution in [0.5, 0.6) is 0 Å². The molecule has 0 amide bonds. The van der Waals surface area contributed by atoms with Crippen LogP contribution in [0.2, 0.25) is 0 Å². The van der Waals surface area contributed by atoms with Gasteiger partial charge in [0.05, 0.1) is 0 Å². The maximum atomic E-state index is 2.40. The van der Waals surface area contributed by atoms with Crippen molar-refractivity contribution in [3.05, 3.63) is 23.8 Å². The lowest BCUT2D eigenvalue weighted by atomic mass is 9.82. The summed E-state index contributed by atoms with van der Waals surface area (Å²) >= 11 is 0. The number of hydrogen-bond donors (Lipinski definition) is 0. The van der Waals surface area contributed by atoms with Crippen LogP contribution in [-0.2, 0) is 0 Å². The van der Waals surface area contributed by atoms with Crippen LogP contribution in [0, 0.1) is 11.3 Å². The van der Waals surface area contributed by atoms with Crippen molar-refractivity contribution in [3.8, 4) is 0 Å². The first kappa shape index (κ1) is 8.58. The zero-order valence-electron chi connectivity index (χ0n) is 8.02. The summed E-state index contributed by atoms with van der Waals surface area (Å²) in [5.41, 5.74) is 1.87. The highest BCUT2D eigenvalue weighted by Crippen LogP contribution is 2.30. The molecule has 1 aliphatic rings. The first-order valence-electron chi connectivity index (χ1n) is 4.40. The summed E-state index contributed by atoms with van der Waals surface area (Å²) in [5.74, 6) is 0.708. The van der Waals surface area contributed by atoms with Crippen LogP contribution in [0.4, 0.5) is 0 Å². The summed E-state index contributed by atoms with van der Waals surface area (Å²) in [6.07, 6.45) is 8.13. The van der Waals surface area contributed by atoms with Crippen molar-refractivity contribution in [2.75, 3.05) is 0 Å². The lowest BCUT2D eigenvalue weighted by Crippen LogP contribution is -2.10. The second kappa shape index (κ2) is 2.84. The standard InChI is InChI=1S/C11H18/c1-9(2)10-6-5-7-11(3,4)8-10/h5,7-9H,6H2,1-4H3. The summed E-state index contributed by atoms with van der Waals surface area (Å²) < 4.78 is 0. The van der Waals surface area contributed by atoms with Crippen LogP contribution < -0.4 is 0 Å². The fraction of sp³-hybridized carbons (Fsp3) is 0.636. The molecule has 1 aliphatic carbocycles. The molecule has 0 fully saturated rings. The Morgan fingerprint density at radius 1 is 1.36 bits per heavy atom. The van der Waals surface area contributed by atoms with E-state index in [9.17, 15) is 0 Å². The Labute approximate surface area is 70.0 Å². The molecule has 0 atom stereocenters. The molecule has 0 aromatic heterocycles. The van der Waals surface area contributed by atoms with E-state index in [0.717, 1.165) is 6.42 Å². The van der Waals surface area contributed by atoms with Gasteiger partial charge >= 0.3 is 0 Å². The van der Waals surface area contributed by atoms with E-state index in [2.05, 4.69) is 45.9 Å². The monoisotopic (exact) mass is 150 g/mol. The van der Waals surface area contributed by atoms with Gasteiger partial charge in [0.25, 0.3) is 0 Å². The first-order chi connectivity index (χ1) is 5.01. The third-order valence-corrected chi connectivity index (χ3v) is 2.20. The fourth-order valence-corrected chi connectivity index (χ4v) is 1.49. The van der Waals surface area contributed by atoms with Crippen molar-refractivity contribution in [2.45, 2.75) is 34.1 Å². The maximum Gasteiger partial charge on any atom is 0.000740 e. The Bertz CT molecular complexity index is 192. The van der Waals surface area contributed by atoms with E-state index >= 15 is 0 Å². The van der Waals surface area contributed by atoms with Crippen molar-refractivity contribution in [1.82, 2.24) is 0 Å². The summed E-state index contributed by atoms with van der Waals surface area (Å²) in [6.45, 7) is 9.04. The van der Waals surface area contributed by atoms with Crippen LogP contribution in [0.3, 0.4) is 0 Å². The molecule has 0 spiro atoms. The second-order valence-electron chi connectivity index (χ2n) is 4.30. The van der Waals surface area contributed by atoms with Crippen LogP contribution >= 0.6 is 0 Å². The fourth-order valence-electron chi connectivity index (χ4n) is 1.49. The van der Waals surface area contributed by atoms with Gasteiger partial charge < -0.3 is 0 Å². The molecular formula is C11H18. The van der Waals surface area contributed by atoms with Gasteiger partial charge in [-0.3, -0.25) is 0 Å². The Morgan fingerprint density at radius 3 is 2.36 bits per heavy atom. The lowest BCUT2D eigenvalue weighted by Gasteiger charge is -2.23.